The molecule has 0 fully saturated rings. The highest BCUT2D eigenvalue weighted by Crippen LogP contribution is 2.62. The van der Waals surface area contributed by atoms with Crippen molar-refractivity contribution in [2.24, 2.45) is 0 Å². The van der Waals surface area contributed by atoms with E-state index >= 15 is 0 Å². The maximum absolute atomic E-state index is 2.64. The van der Waals surface area contributed by atoms with Gasteiger partial charge in [-0.15, -0.1) is 0 Å². The van der Waals surface area contributed by atoms with Crippen LogP contribution in [0.15, 0.2) is 127 Å². The first kappa shape index (κ1) is 30.6. The van der Waals surface area contributed by atoms with Crippen LogP contribution in [0.4, 0.5) is 51.2 Å². The summed E-state index contributed by atoms with van der Waals surface area (Å²) >= 11 is 0. The van der Waals surface area contributed by atoms with Crippen LogP contribution < -0.4 is 31.1 Å². The van der Waals surface area contributed by atoms with E-state index in [-0.39, 0.29) is 12.6 Å². The van der Waals surface area contributed by atoms with Gasteiger partial charge in [0.25, 0.3) is 6.71 Å². The summed E-state index contributed by atoms with van der Waals surface area (Å²) in [4.78, 5) is 7.73. The van der Waals surface area contributed by atoms with Gasteiger partial charge in [0.1, 0.15) is 0 Å². The molecule has 53 heavy (non-hydrogen) atoms. The topological polar surface area (TPSA) is 9.72 Å². The fourth-order valence-electron chi connectivity index (χ4n) is 9.82. The number of benzene rings is 7. The third-order valence-electron chi connectivity index (χ3n) is 12.1. The average Bonchev–Trinajstić information content (AvgIpc) is 3.15. The van der Waals surface area contributed by atoms with E-state index < -0.39 is 0 Å². The minimum atomic E-state index is 0.0902. The van der Waals surface area contributed by atoms with Gasteiger partial charge in [-0.3, -0.25) is 0 Å². The first-order valence-corrected chi connectivity index (χ1v) is 18.9. The van der Waals surface area contributed by atoms with Crippen LogP contribution >= 0.6 is 0 Å². The van der Waals surface area contributed by atoms with E-state index in [1.807, 2.05) is 0 Å². The van der Waals surface area contributed by atoms with Crippen LogP contribution in [0.2, 0.25) is 0 Å². The van der Waals surface area contributed by atoms with Gasteiger partial charge in [-0.25, -0.2) is 0 Å². The minimum absolute atomic E-state index is 0.0902. The van der Waals surface area contributed by atoms with Crippen LogP contribution in [0.3, 0.4) is 0 Å². The largest absolute Gasteiger partial charge is 0.311 e. The number of hydrogen-bond acceptors (Lipinski definition) is 3. The normalized spacial score (nSPS) is 15.4. The molecule has 0 saturated carbocycles. The fraction of sp³-hybridized carbons (Fsp3) is 0.143. The molecule has 0 radical (unpaired) electrons. The van der Waals surface area contributed by atoms with Gasteiger partial charge in [-0.2, -0.15) is 0 Å². The van der Waals surface area contributed by atoms with Gasteiger partial charge >= 0.3 is 0 Å². The van der Waals surface area contributed by atoms with Gasteiger partial charge in [-0.1, -0.05) is 106 Å². The zero-order valence-corrected chi connectivity index (χ0v) is 31.1. The van der Waals surface area contributed by atoms with E-state index in [4.69, 9.17) is 0 Å². The molecular weight excluding hydrogens is 641 g/mol. The summed E-state index contributed by atoms with van der Waals surface area (Å²) in [5, 5.41) is 0. The Kier molecular flexibility index (Phi) is 6.22. The highest BCUT2D eigenvalue weighted by atomic mass is 15.2. The lowest BCUT2D eigenvalue weighted by Crippen LogP contribution is -2.62. The maximum atomic E-state index is 2.64. The van der Waals surface area contributed by atoms with Crippen molar-refractivity contribution in [3.63, 3.8) is 0 Å². The summed E-state index contributed by atoms with van der Waals surface area (Å²) in [6, 6.07) is 49.2. The molecule has 0 spiro atoms. The number of aryl methyl sites for hydroxylation is 6. The second-order valence-electron chi connectivity index (χ2n) is 15.9. The van der Waals surface area contributed by atoms with Crippen LogP contribution in [-0.2, 0) is 0 Å². The lowest BCUT2D eigenvalue weighted by atomic mass is 9.33. The molecule has 4 heteroatoms. The Morgan fingerprint density at radius 2 is 0.792 bits per heavy atom. The fourth-order valence-corrected chi connectivity index (χ4v) is 9.82. The zero-order valence-electron chi connectivity index (χ0n) is 31.1. The summed E-state index contributed by atoms with van der Waals surface area (Å²) in [5.74, 6) is 0.0902. The molecule has 0 bridgehead atoms. The smallest absolute Gasteiger partial charge is 0.252 e. The summed E-state index contributed by atoms with van der Waals surface area (Å²) in [7, 11) is 0. The van der Waals surface area contributed by atoms with Gasteiger partial charge in [-0.05, 0) is 124 Å². The summed E-state index contributed by atoms with van der Waals surface area (Å²) < 4.78 is 0. The Hall–Kier alpha value is -6.00. The Morgan fingerprint density at radius 1 is 0.377 bits per heavy atom. The molecule has 254 valence electrons. The molecule has 0 amide bonds. The summed E-state index contributed by atoms with van der Waals surface area (Å²) in [5.41, 5.74) is 27.2. The molecule has 0 N–H and O–H groups in total. The third kappa shape index (κ3) is 4.18. The predicted molar refractivity (Wildman–Crippen MR) is 225 cm³/mol. The maximum Gasteiger partial charge on any atom is 0.252 e. The first-order chi connectivity index (χ1) is 25.7. The second kappa shape index (κ2) is 10.8. The number of anilines is 9. The van der Waals surface area contributed by atoms with Crippen LogP contribution in [0.25, 0.3) is 0 Å². The highest BCUT2D eigenvalue weighted by molar-refractivity contribution is 7.00. The van der Waals surface area contributed by atoms with Gasteiger partial charge in [0.15, 0.2) is 0 Å². The summed E-state index contributed by atoms with van der Waals surface area (Å²) in [6.45, 7) is 13.4. The summed E-state index contributed by atoms with van der Waals surface area (Å²) in [6.07, 6.45) is 0. The van der Waals surface area contributed by atoms with Crippen molar-refractivity contribution in [3.8, 4) is 0 Å². The zero-order chi connectivity index (χ0) is 35.9. The van der Waals surface area contributed by atoms with Gasteiger partial charge in [0.05, 0.1) is 17.1 Å². The quantitative estimate of drug-likeness (QED) is 0.168. The van der Waals surface area contributed by atoms with Crippen molar-refractivity contribution in [2.45, 2.75) is 47.5 Å². The van der Waals surface area contributed by atoms with Gasteiger partial charge in [0.2, 0.25) is 0 Å². The number of nitrogens with zero attached hydrogens (tertiary/aromatic N) is 3. The van der Waals surface area contributed by atoms with Crippen LogP contribution in [0.5, 0.6) is 0 Å². The molecule has 4 aliphatic heterocycles. The standard InChI is InChI=1S/C49H40BN3/c1-28-7-15-34(16-8-28)51-40-19-11-30(3)23-36(40)46-37-24-31(4)12-20-41(37)53-43-22-14-33(6)26-39(43)50-38-25-32(5)13-21-42(38)52(35-17-9-29(2)10-18-35)45-27-44(51)47(46)49(53)48(45)50/h7-27,46H,1-6H3. The molecule has 4 aliphatic rings. The molecular formula is C49H40BN3. The Morgan fingerprint density at radius 3 is 1.32 bits per heavy atom. The van der Waals surface area contributed by atoms with Crippen LogP contribution in [-0.4, -0.2) is 6.71 Å². The Bertz CT molecular complexity index is 2500. The number of fused-ring (bicyclic) bond motifs is 10. The molecule has 0 aliphatic carbocycles. The molecule has 7 aromatic carbocycles. The molecule has 0 saturated heterocycles. The van der Waals surface area contributed by atoms with E-state index in [0.29, 0.717) is 0 Å². The molecule has 1 unspecified atom stereocenters. The van der Waals surface area contributed by atoms with E-state index in [0.717, 1.165) is 0 Å². The van der Waals surface area contributed by atoms with Crippen LogP contribution in [0.1, 0.15) is 56.0 Å². The van der Waals surface area contributed by atoms with E-state index in [2.05, 4.69) is 184 Å². The van der Waals surface area contributed by atoms with Gasteiger partial charge < -0.3 is 14.7 Å². The Labute approximate surface area is 312 Å². The van der Waals surface area contributed by atoms with E-state index in [1.165, 1.54) is 118 Å². The number of rotatable bonds is 2. The lowest BCUT2D eigenvalue weighted by Gasteiger charge is -2.51. The molecule has 0 aromatic heterocycles. The van der Waals surface area contributed by atoms with Crippen LogP contribution in [0, 0.1) is 41.5 Å². The molecule has 11 rings (SSSR count). The van der Waals surface area contributed by atoms with E-state index in [9.17, 15) is 0 Å². The van der Waals surface area contributed by atoms with E-state index in [1.54, 1.807) is 0 Å². The van der Waals surface area contributed by atoms with Crippen molar-refractivity contribution in [1.82, 2.24) is 0 Å². The minimum Gasteiger partial charge on any atom is -0.311 e. The second-order valence-corrected chi connectivity index (χ2v) is 15.9. The predicted octanol–water partition coefficient (Wildman–Crippen LogP) is 10.9. The van der Waals surface area contributed by atoms with Crippen molar-refractivity contribution in [2.75, 3.05) is 14.7 Å². The molecule has 3 nitrogen and oxygen atoms in total. The van der Waals surface area contributed by atoms with Crippen molar-refractivity contribution in [1.29, 1.82) is 0 Å². The monoisotopic (exact) mass is 681 g/mol. The van der Waals surface area contributed by atoms with Crippen molar-refractivity contribution < 1.29 is 0 Å². The third-order valence-corrected chi connectivity index (χ3v) is 12.1. The lowest BCUT2D eigenvalue weighted by molar-refractivity contribution is 0.905. The average molecular weight is 682 g/mol. The first-order valence-electron chi connectivity index (χ1n) is 18.9. The Balaban J connectivity index is 1.34. The molecule has 1 atom stereocenters. The SMILES string of the molecule is Cc1ccc(N2c3ccc(C)cc3B3c4cc(C)ccc4N4c5ccc(C)cc5C5c6cc(C)ccc6N(c6ccc(C)cc6)c6cc2c3c4c65)cc1. The highest BCUT2D eigenvalue weighted by Gasteiger charge is 2.50. The molecule has 7 aromatic rings. The van der Waals surface area contributed by atoms with Crippen molar-refractivity contribution >= 4 is 74.3 Å². The number of hydrogen-bond donors (Lipinski definition) is 0. The molecule has 4 heterocycles. The van der Waals surface area contributed by atoms with Gasteiger partial charge in [0, 0.05) is 45.6 Å². The van der Waals surface area contributed by atoms with Crippen molar-refractivity contribution in [3.05, 3.63) is 177 Å².